The van der Waals surface area contributed by atoms with Gasteiger partial charge in [-0.2, -0.15) is 0 Å². The Morgan fingerprint density at radius 3 is 2.88 bits per heavy atom. The van der Waals surface area contributed by atoms with Gasteiger partial charge in [0.15, 0.2) is 0 Å². The summed E-state index contributed by atoms with van der Waals surface area (Å²) in [6, 6.07) is 0. The predicted molar refractivity (Wildman–Crippen MR) is 70.3 cm³/mol. The smallest absolute Gasteiger partial charge is 0.0608 e. The lowest BCUT2D eigenvalue weighted by Crippen LogP contribution is -2.27. The van der Waals surface area contributed by atoms with Gasteiger partial charge in [0.2, 0.25) is 0 Å². The monoisotopic (exact) mass is 222 g/mol. The van der Waals surface area contributed by atoms with Crippen molar-refractivity contribution in [3.8, 4) is 0 Å². The summed E-state index contributed by atoms with van der Waals surface area (Å²) >= 11 is 0. The predicted octanol–water partition coefficient (Wildman–Crippen LogP) is 4.09. The number of aliphatic hydroxyl groups excluding tert-OH is 1. The van der Waals surface area contributed by atoms with Crippen molar-refractivity contribution in [2.75, 3.05) is 0 Å². The van der Waals surface area contributed by atoms with Crippen LogP contribution in [0.25, 0.3) is 0 Å². The molecule has 0 heterocycles. The van der Waals surface area contributed by atoms with Crippen LogP contribution < -0.4 is 0 Å². The molecular weight excluding hydrogens is 196 g/mol. The van der Waals surface area contributed by atoms with Gasteiger partial charge in [0.05, 0.1) is 6.10 Å². The molecule has 0 spiro atoms. The maximum atomic E-state index is 10.0. The van der Waals surface area contributed by atoms with E-state index in [1.54, 1.807) is 0 Å². The van der Waals surface area contributed by atoms with Gasteiger partial charge < -0.3 is 5.11 Å². The second-order valence-corrected chi connectivity index (χ2v) is 5.53. The zero-order valence-corrected chi connectivity index (χ0v) is 11.2. The lowest BCUT2D eigenvalue weighted by Gasteiger charge is -2.30. The molecule has 0 aromatic carbocycles. The summed E-state index contributed by atoms with van der Waals surface area (Å²) in [5.41, 5.74) is 2.84. The van der Waals surface area contributed by atoms with Crippen LogP contribution in [0.3, 0.4) is 0 Å². The maximum Gasteiger partial charge on any atom is 0.0608 e. The first kappa shape index (κ1) is 13.5. The fourth-order valence-corrected chi connectivity index (χ4v) is 2.46. The largest absolute Gasteiger partial charge is 0.392 e. The lowest BCUT2D eigenvalue weighted by molar-refractivity contribution is 0.0858. The molecule has 16 heavy (non-hydrogen) atoms. The van der Waals surface area contributed by atoms with Crippen LogP contribution in [0.1, 0.15) is 53.4 Å². The minimum atomic E-state index is -0.120. The Labute approximate surface area is 100 Å². The van der Waals surface area contributed by atoms with Crippen molar-refractivity contribution in [3.63, 3.8) is 0 Å². The third-order valence-electron chi connectivity index (χ3n) is 3.59. The van der Waals surface area contributed by atoms with Crippen molar-refractivity contribution in [3.05, 3.63) is 23.3 Å². The number of rotatable bonds is 4. The molecule has 1 nitrogen and oxygen atoms in total. The Hall–Kier alpha value is -0.560. The summed E-state index contributed by atoms with van der Waals surface area (Å²) in [6.45, 7) is 8.73. The Bertz CT molecular complexity index is 271. The van der Waals surface area contributed by atoms with E-state index in [0.717, 1.165) is 19.3 Å². The molecule has 3 unspecified atom stereocenters. The number of hydrogen-bond acceptors (Lipinski definition) is 1. The van der Waals surface area contributed by atoms with Crippen LogP contribution >= 0.6 is 0 Å². The highest BCUT2D eigenvalue weighted by Gasteiger charge is 2.25. The van der Waals surface area contributed by atoms with Crippen molar-refractivity contribution in [2.24, 2.45) is 11.8 Å². The fraction of sp³-hybridized carbons (Fsp3) is 0.733. The van der Waals surface area contributed by atoms with Gasteiger partial charge in [0, 0.05) is 5.92 Å². The second kappa shape index (κ2) is 6.24. The highest BCUT2D eigenvalue weighted by atomic mass is 16.3. The Balaban J connectivity index is 2.49. The van der Waals surface area contributed by atoms with Gasteiger partial charge >= 0.3 is 0 Å². The molecule has 0 bridgehead atoms. The van der Waals surface area contributed by atoms with Crippen molar-refractivity contribution < 1.29 is 5.11 Å². The quantitative estimate of drug-likeness (QED) is 0.710. The molecule has 0 saturated heterocycles. The van der Waals surface area contributed by atoms with Crippen LogP contribution in [0, 0.1) is 11.8 Å². The van der Waals surface area contributed by atoms with Crippen molar-refractivity contribution in [2.45, 2.75) is 59.5 Å². The molecular formula is C15H26O. The minimum absolute atomic E-state index is 0.120. The normalized spacial score (nSPS) is 27.2. The van der Waals surface area contributed by atoms with E-state index in [1.807, 2.05) is 0 Å². The lowest BCUT2D eigenvalue weighted by atomic mass is 9.79. The number of aliphatic hydroxyl groups is 1. The Kier molecular flexibility index (Phi) is 5.27. The zero-order valence-electron chi connectivity index (χ0n) is 11.2. The van der Waals surface area contributed by atoms with Gasteiger partial charge in [-0.15, -0.1) is 0 Å². The van der Waals surface area contributed by atoms with E-state index in [-0.39, 0.29) is 6.10 Å². The first-order chi connectivity index (χ1) is 7.50. The van der Waals surface area contributed by atoms with Gasteiger partial charge in [-0.3, -0.25) is 0 Å². The third-order valence-corrected chi connectivity index (χ3v) is 3.59. The first-order valence-electron chi connectivity index (χ1n) is 6.49. The summed E-state index contributed by atoms with van der Waals surface area (Å²) in [5, 5.41) is 10.0. The molecule has 1 aliphatic rings. The molecule has 0 fully saturated rings. The molecule has 0 aromatic rings. The fourth-order valence-electron chi connectivity index (χ4n) is 2.46. The Morgan fingerprint density at radius 2 is 2.25 bits per heavy atom. The molecule has 1 N–H and O–H groups in total. The van der Waals surface area contributed by atoms with Gasteiger partial charge in [-0.25, -0.2) is 0 Å². The molecule has 0 amide bonds. The van der Waals surface area contributed by atoms with Crippen molar-refractivity contribution in [1.82, 2.24) is 0 Å². The molecule has 0 radical (unpaired) electrons. The van der Waals surface area contributed by atoms with Crippen LogP contribution in [0.15, 0.2) is 23.3 Å². The van der Waals surface area contributed by atoms with Gasteiger partial charge in [-0.05, 0) is 52.4 Å². The minimum Gasteiger partial charge on any atom is -0.392 e. The second-order valence-electron chi connectivity index (χ2n) is 5.53. The topological polar surface area (TPSA) is 20.2 Å². The molecule has 3 atom stereocenters. The van der Waals surface area contributed by atoms with E-state index in [4.69, 9.17) is 0 Å². The summed E-state index contributed by atoms with van der Waals surface area (Å²) in [6.07, 6.45) is 8.79. The molecule has 0 aliphatic heterocycles. The highest BCUT2D eigenvalue weighted by molar-refractivity contribution is 5.08. The standard InChI is InChI=1S/C15H26O/c1-11(2)6-5-7-13(4)14-10-12(3)8-9-15(14)16/h6,10,13-16H,5,7-9H2,1-4H3. The van der Waals surface area contributed by atoms with Crippen LogP contribution in [-0.2, 0) is 0 Å². The summed E-state index contributed by atoms with van der Waals surface area (Å²) in [4.78, 5) is 0. The van der Waals surface area contributed by atoms with E-state index in [1.165, 1.54) is 17.6 Å². The number of allylic oxidation sites excluding steroid dienone is 3. The molecule has 0 saturated carbocycles. The molecule has 1 heteroatoms. The van der Waals surface area contributed by atoms with Gasteiger partial charge in [0.1, 0.15) is 0 Å². The van der Waals surface area contributed by atoms with Crippen LogP contribution in [0.2, 0.25) is 0 Å². The van der Waals surface area contributed by atoms with Crippen LogP contribution in [0.5, 0.6) is 0 Å². The van der Waals surface area contributed by atoms with E-state index in [9.17, 15) is 5.11 Å². The van der Waals surface area contributed by atoms with Crippen molar-refractivity contribution in [1.29, 1.82) is 0 Å². The van der Waals surface area contributed by atoms with Crippen LogP contribution in [-0.4, -0.2) is 11.2 Å². The summed E-state index contributed by atoms with van der Waals surface area (Å²) < 4.78 is 0. The molecule has 92 valence electrons. The average Bonchev–Trinajstić information content (AvgIpc) is 2.21. The molecule has 0 aromatic heterocycles. The number of hydrogen-bond donors (Lipinski definition) is 1. The molecule has 1 rings (SSSR count). The van der Waals surface area contributed by atoms with E-state index in [2.05, 4.69) is 39.8 Å². The SMILES string of the molecule is CC(C)=CCCC(C)C1C=C(C)CCC1O. The van der Waals surface area contributed by atoms with Gasteiger partial charge in [-0.1, -0.05) is 30.2 Å². The summed E-state index contributed by atoms with van der Waals surface area (Å²) in [7, 11) is 0. The van der Waals surface area contributed by atoms with E-state index >= 15 is 0 Å². The van der Waals surface area contributed by atoms with Crippen LogP contribution in [0.4, 0.5) is 0 Å². The zero-order chi connectivity index (χ0) is 12.1. The van der Waals surface area contributed by atoms with E-state index in [0.29, 0.717) is 11.8 Å². The van der Waals surface area contributed by atoms with E-state index < -0.39 is 0 Å². The first-order valence-corrected chi connectivity index (χ1v) is 6.49. The highest BCUT2D eigenvalue weighted by Crippen LogP contribution is 2.31. The van der Waals surface area contributed by atoms with Gasteiger partial charge in [0.25, 0.3) is 0 Å². The Morgan fingerprint density at radius 1 is 1.56 bits per heavy atom. The summed E-state index contributed by atoms with van der Waals surface area (Å²) in [5.74, 6) is 0.958. The van der Waals surface area contributed by atoms with Crippen molar-refractivity contribution >= 4 is 0 Å². The maximum absolute atomic E-state index is 10.0. The molecule has 1 aliphatic carbocycles. The third kappa shape index (κ3) is 4.13. The average molecular weight is 222 g/mol.